The fourth-order valence-corrected chi connectivity index (χ4v) is 1.31. The minimum Gasteiger partial charge on any atom is -0.493 e. The van der Waals surface area contributed by atoms with E-state index in [1.54, 1.807) is 25.1 Å². The molecule has 1 rings (SSSR count). The molecule has 3 N–H and O–H groups in total. The van der Waals surface area contributed by atoms with Crippen molar-refractivity contribution >= 4 is 35.6 Å². The molecule has 0 saturated heterocycles. The van der Waals surface area contributed by atoms with Crippen molar-refractivity contribution in [3.63, 3.8) is 0 Å². The van der Waals surface area contributed by atoms with Crippen LogP contribution in [-0.2, 0) is 4.79 Å². The average Bonchev–Trinajstić information content (AvgIpc) is 2.18. The summed E-state index contributed by atoms with van der Waals surface area (Å²) < 4.78 is 5.07. The van der Waals surface area contributed by atoms with E-state index in [9.17, 15) is 4.79 Å². The van der Waals surface area contributed by atoms with Gasteiger partial charge in [-0.15, -0.1) is 12.4 Å². The molecule has 1 atom stereocenters. The molecule has 4 nitrogen and oxygen atoms in total. The molecule has 0 unspecified atom stereocenters. The Bertz CT molecular complexity index is 370. The maximum absolute atomic E-state index is 11.4. The second-order valence-corrected chi connectivity index (χ2v) is 3.51. The van der Waals surface area contributed by atoms with E-state index in [0.29, 0.717) is 16.5 Å². The van der Waals surface area contributed by atoms with Gasteiger partial charge in [0.25, 0.3) is 0 Å². The van der Waals surface area contributed by atoms with E-state index in [-0.39, 0.29) is 18.3 Å². The van der Waals surface area contributed by atoms with Crippen LogP contribution in [0, 0.1) is 0 Å². The fraction of sp³-hybridized carbons (Fsp3) is 0.300. The number of nitrogens with one attached hydrogen (secondary N) is 1. The molecule has 16 heavy (non-hydrogen) atoms. The summed E-state index contributed by atoms with van der Waals surface area (Å²) in [7, 11) is 1.49. The molecule has 0 bridgehead atoms. The van der Waals surface area contributed by atoms with Crippen molar-refractivity contribution in [1.29, 1.82) is 0 Å². The van der Waals surface area contributed by atoms with Crippen molar-refractivity contribution in [2.75, 3.05) is 12.4 Å². The van der Waals surface area contributed by atoms with Gasteiger partial charge in [0.1, 0.15) is 0 Å². The maximum atomic E-state index is 11.4. The fourth-order valence-electron chi connectivity index (χ4n) is 1.06. The van der Waals surface area contributed by atoms with Crippen molar-refractivity contribution in [1.82, 2.24) is 0 Å². The molecule has 0 radical (unpaired) electrons. The number of ether oxygens (including phenoxy) is 1. The standard InChI is InChI=1S/C10H13ClN2O2.ClH/c1-6(12)10(14)13-8-5-3-4-7(11)9(8)15-2;/h3-6H,12H2,1-2H3,(H,13,14);1H/t6-;/m1./s1. The Hall–Kier alpha value is -0.970. The predicted molar refractivity (Wildman–Crippen MR) is 67.5 cm³/mol. The first-order valence-corrected chi connectivity index (χ1v) is 4.83. The Morgan fingerprint density at radius 3 is 2.69 bits per heavy atom. The highest BCUT2D eigenvalue weighted by Crippen LogP contribution is 2.32. The van der Waals surface area contributed by atoms with Crippen LogP contribution in [0.1, 0.15) is 6.92 Å². The molecule has 6 heteroatoms. The number of hydrogen-bond acceptors (Lipinski definition) is 3. The first-order chi connectivity index (χ1) is 7.06. The van der Waals surface area contributed by atoms with E-state index < -0.39 is 6.04 Å². The number of benzene rings is 1. The summed E-state index contributed by atoms with van der Waals surface area (Å²) >= 11 is 5.89. The summed E-state index contributed by atoms with van der Waals surface area (Å²) in [6.45, 7) is 1.60. The van der Waals surface area contributed by atoms with E-state index in [1.165, 1.54) is 7.11 Å². The Labute approximate surface area is 106 Å². The normalized spacial score (nSPS) is 11.2. The number of amides is 1. The third-order valence-corrected chi connectivity index (χ3v) is 2.14. The highest BCUT2D eigenvalue weighted by atomic mass is 35.5. The average molecular weight is 265 g/mol. The third-order valence-electron chi connectivity index (χ3n) is 1.84. The lowest BCUT2D eigenvalue weighted by Crippen LogP contribution is -2.32. The van der Waals surface area contributed by atoms with Crippen molar-refractivity contribution in [3.05, 3.63) is 23.2 Å². The minimum absolute atomic E-state index is 0. The van der Waals surface area contributed by atoms with Gasteiger partial charge in [-0.05, 0) is 19.1 Å². The zero-order chi connectivity index (χ0) is 11.4. The van der Waals surface area contributed by atoms with Gasteiger partial charge in [0, 0.05) is 0 Å². The van der Waals surface area contributed by atoms with Crippen LogP contribution in [-0.4, -0.2) is 19.1 Å². The number of hydrogen-bond donors (Lipinski definition) is 2. The molecule has 90 valence electrons. The number of rotatable bonds is 3. The monoisotopic (exact) mass is 264 g/mol. The summed E-state index contributed by atoms with van der Waals surface area (Å²) in [6.07, 6.45) is 0. The molecule has 0 spiro atoms. The van der Waals surface area contributed by atoms with E-state index in [2.05, 4.69) is 5.32 Å². The van der Waals surface area contributed by atoms with Crippen molar-refractivity contribution in [2.24, 2.45) is 5.73 Å². The van der Waals surface area contributed by atoms with E-state index >= 15 is 0 Å². The summed E-state index contributed by atoms with van der Waals surface area (Å²) in [5, 5.41) is 3.07. The number of anilines is 1. The quantitative estimate of drug-likeness (QED) is 0.879. The molecule has 0 heterocycles. The lowest BCUT2D eigenvalue weighted by molar-refractivity contribution is -0.117. The molecule has 1 amide bonds. The SMILES string of the molecule is COc1c(Cl)cccc1NC(=O)[C@@H](C)N.Cl. The van der Waals surface area contributed by atoms with Gasteiger partial charge in [-0.1, -0.05) is 17.7 Å². The molecule has 0 aliphatic heterocycles. The molecular formula is C10H14Cl2N2O2. The Kier molecular flexibility index (Phi) is 6.18. The van der Waals surface area contributed by atoms with Crippen LogP contribution in [0.5, 0.6) is 5.75 Å². The third kappa shape index (κ3) is 3.56. The van der Waals surface area contributed by atoms with Gasteiger partial charge in [-0.2, -0.15) is 0 Å². The highest BCUT2D eigenvalue weighted by molar-refractivity contribution is 6.32. The molecule has 0 fully saturated rings. The van der Waals surface area contributed by atoms with Gasteiger partial charge in [0.05, 0.1) is 23.9 Å². The van der Waals surface area contributed by atoms with Gasteiger partial charge in [-0.25, -0.2) is 0 Å². The first kappa shape index (κ1) is 15.0. The van der Waals surface area contributed by atoms with Crippen LogP contribution < -0.4 is 15.8 Å². The molecule has 1 aromatic carbocycles. The Morgan fingerprint density at radius 2 is 2.19 bits per heavy atom. The molecule has 1 aromatic rings. The van der Waals surface area contributed by atoms with Gasteiger partial charge < -0.3 is 15.8 Å². The smallest absolute Gasteiger partial charge is 0.241 e. The Balaban J connectivity index is 0.00000225. The van der Waals surface area contributed by atoms with Gasteiger partial charge >= 0.3 is 0 Å². The lowest BCUT2D eigenvalue weighted by Gasteiger charge is -2.12. The molecule has 0 aliphatic carbocycles. The minimum atomic E-state index is -0.575. The van der Waals surface area contributed by atoms with Gasteiger partial charge in [0.2, 0.25) is 5.91 Å². The number of carbonyl (C=O) groups is 1. The number of para-hydroxylation sites is 1. The maximum Gasteiger partial charge on any atom is 0.241 e. The van der Waals surface area contributed by atoms with Crippen molar-refractivity contribution < 1.29 is 9.53 Å². The van der Waals surface area contributed by atoms with Crippen molar-refractivity contribution in [2.45, 2.75) is 13.0 Å². The number of halogens is 2. The van der Waals surface area contributed by atoms with E-state index in [4.69, 9.17) is 22.1 Å². The van der Waals surface area contributed by atoms with Crippen LogP contribution in [0.25, 0.3) is 0 Å². The van der Waals surface area contributed by atoms with E-state index in [0.717, 1.165) is 0 Å². The van der Waals surface area contributed by atoms with Crippen molar-refractivity contribution in [3.8, 4) is 5.75 Å². The molecule has 0 aliphatic rings. The molecule has 0 saturated carbocycles. The first-order valence-electron chi connectivity index (χ1n) is 4.45. The van der Waals surface area contributed by atoms with Crippen LogP contribution in [0.4, 0.5) is 5.69 Å². The number of methoxy groups -OCH3 is 1. The zero-order valence-electron chi connectivity index (χ0n) is 8.99. The zero-order valence-corrected chi connectivity index (χ0v) is 10.6. The second-order valence-electron chi connectivity index (χ2n) is 3.10. The van der Waals surface area contributed by atoms with Crippen LogP contribution in [0.3, 0.4) is 0 Å². The van der Waals surface area contributed by atoms with E-state index in [1.807, 2.05) is 0 Å². The van der Waals surface area contributed by atoms with Crippen LogP contribution >= 0.6 is 24.0 Å². The molecular weight excluding hydrogens is 251 g/mol. The van der Waals surface area contributed by atoms with Crippen LogP contribution in [0.2, 0.25) is 5.02 Å². The summed E-state index contributed by atoms with van der Waals surface area (Å²) in [5.74, 6) is 0.156. The predicted octanol–water partition coefficient (Wildman–Crippen LogP) is 2.06. The van der Waals surface area contributed by atoms with Gasteiger partial charge in [-0.3, -0.25) is 4.79 Å². The lowest BCUT2D eigenvalue weighted by atomic mass is 10.2. The van der Waals surface area contributed by atoms with Gasteiger partial charge in [0.15, 0.2) is 5.75 Å². The van der Waals surface area contributed by atoms with Crippen LogP contribution in [0.15, 0.2) is 18.2 Å². The summed E-state index contributed by atoms with van der Waals surface area (Å²) in [4.78, 5) is 11.4. The number of carbonyl (C=O) groups excluding carboxylic acids is 1. The highest BCUT2D eigenvalue weighted by Gasteiger charge is 2.12. The largest absolute Gasteiger partial charge is 0.493 e. The summed E-state index contributed by atoms with van der Waals surface area (Å²) in [6, 6.07) is 4.53. The summed E-state index contributed by atoms with van der Waals surface area (Å²) in [5.41, 5.74) is 5.95. The number of nitrogens with two attached hydrogens (primary N) is 1. The second kappa shape index (κ2) is 6.58. The Morgan fingerprint density at radius 1 is 1.56 bits per heavy atom. The topological polar surface area (TPSA) is 64.3 Å². The molecule has 0 aromatic heterocycles.